The van der Waals surface area contributed by atoms with Crippen molar-refractivity contribution >= 4 is 85.7 Å². The van der Waals surface area contributed by atoms with Gasteiger partial charge in [-0.15, -0.1) is 0 Å². The van der Waals surface area contributed by atoms with Crippen LogP contribution in [-0.2, 0) is 0 Å². The lowest BCUT2D eigenvalue weighted by Gasteiger charge is -2.10. The van der Waals surface area contributed by atoms with Crippen molar-refractivity contribution in [3.63, 3.8) is 0 Å². The Hall–Kier alpha value is 0.130. The average Bonchev–Trinajstić information content (AvgIpc) is 2.34. The molecule has 1 heterocycles. The highest BCUT2D eigenvalue weighted by molar-refractivity contribution is 9.24. The molecule has 90 valence electrons. The molecule has 0 aliphatic rings. The molecule has 1 aromatic carbocycles. The third-order valence-corrected chi connectivity index (χ3v) is 3.72. The van der Waals surface area contributed by atoms with Crippen LogP contribution in [0.2, 0.25) is 0 Å². The average molecular weight is 431 g/mol. The number of nitrogens with zero attached hydrogens (tertiary/aromatic N) is 2. The lowest BCUT2D eigenvalue weighted by Crippen LogP contribution is -2.32. The zero-order chi connectivity index (χ0) is 13.9. The minimum atomic E-state index is -0.00655. The van der Waals surface area contributed by atoms with Crippen LogP contribution in [0.1, 0.15) is 23.1 Å². The molecule has 7 heteroatoms. The predicted octanol–water partition coefficient (Wildman–Crippen LogP) is 2.79. The Kier molecular flexibility index (Phi) is 6.35. The standard InChI is InChI=1S/C9H3B2Br3N2.C2H6/c10-7-8(11)16-6-4(12)2-1-3(9(13)14)5(6)15-7;1-2/h1-2,9H;1-2H3. The second kappa shape index (κ2) is 7.06. The van der Waals surface area contributed by atoms with E-state index in [2.05, 4.69) is 57.8 Å². The third-order valence-electron chi connectivity index (χ3n) is 2.10. The van der Waals surface area contributed by atoms with Gasteiger partial charge < -0.3 is 0 Å². The first-order chi connectivity index (χ1) is 8.50. The minimum Gasteiger partial charge on any atom is -0.261 e. The fourth-order valence-electron chi connectivity index (χ4n) is 1.33. The zero-order valence-electron chi connectivity index (χ0n) is 9.92. The van der Waals surface area contributed by atoms with E-state index < -0.39 is 0 Å². The smallest absolute Gasteiger partial charge is 0.143 e. The Bertz CT molecular complexity index is 561. The Morgan fingerprint density at radius 3 is 2.00 bits per heavy atom. The molecule has 18 heavy (non-hydrogen) atoms. The van der Waals surface area contributed by atoms with Crippen molar-refractivity contribution in [2.75, 3.05) is 0 Å². The van der Waals surface area contributed by atoms with Gasteiger partial charge in [-0.05, 0) is 33.2 Å². The summed E-state index contributed by atoms with van der Waals surface area (Å²) in [5.74, 6) is 0. The van der Waals surface area contributed by atoms with Crippen molar-refractivity contribution < 1.29 is 0 Å². The molecule has 0 saturated carbocycles. The topological polar surface area (TPSA) is 25.8 Å². The molecule has 0 atom stereocenters. The van der Waals surface area contributed by atoms with Crippen molar-refractivity contribution in [2.24, 2.45) is 0 Å². The summed E-state index contributed by atoms with van der Waals surface area (Å²) < 4.78 is 0.832. The van der Waals surface area contributed by atoms with E-state index in [-0.39, 0.29) is 14.9 Å². The minimum absolute atomic E-state index is 0.00655. The molecule has 4 radical (unpaired) electrons. The van der Waals surface area contributed by atoms with Gasteiger partial charge in [0.2, 0.25) is 0 Å². The van der Waals surface area contributed by atoms with E-state index in [0.29, 0.717) is 5.52 Å². The lowest BCUT2D eigenvalue weighted by atomic mass is 9.90. The van der Waals surface area contributed by atoms with E-state index in [1.807, 2.05) is 26.0 Å². The van der Waals surface area contributed by atoms with Gasteiger partial charge in [0.15, 0.2) is 0 Å². The summed E-state index contributed by atoms with van der Waals surface area (Å²) in [6, 6.07) is 3.84. The molecular weight excluding hydrogens is 421 g/mol. The molecule has 0 aliphatic carbocycles. The van der Waals surface area contributed by atoms with Crippen LogP contribution in [0.4, 0.5) is 0 Å². The van der Waals surface area contributed by atoms with Gasteiger partial charge in [-0.3, -0.25) is 9.97 Å². The molecular formula is C11H9B2Br3N2. The van der Waals surface area contributed by atoms with Gasteiger partial charge in [0.25, 0.3) is 0 Å². The second-order valence-electron chi connectivity index (χ2n) is 3.13. The Balaban J connectivity index is 0.000000771. The fraction of sp³-hybridized carbons (Fsp3) is 0.273. The molecule has 0 unspecified atom stereocenters. The summed E-state index contributed by atoms with van der Waals surface area (Å²) in [6.45, 7) is 4.00. The molecule has 0 N–H and O–H groups in total. The van der Waals surface area contributed by atoms with Crippen LogP contribution in [-0.4, -0.2) is 25.7 Å². The summed E-state index contributed by atoms with van der Waals surface area (Å²) in [7, 11) is 11.3. The van der Waals surface area contributed by atoms with E-state index in [1.54, 1.807) is 0 Å². The van der Waals surface area contributed by atoms with Crippen molar-refractivity contribution in [3.05, 3.63) is 22.2 Å². The van der Waals surface area contributed by atoms with Crippen molar-refractivity contribution in [1.82, 2.24) is 9.97 Å². The molecule has 0 fully saturated rings. The summed E-state index contributed by atoms with van der Waals surface area (Å²) in [5.41, 5.74) is 2.86. The highest BCUT2D eigenvalue weighted by Gasteiger charge is 2.13. The van der Waals surface area contributed by atoms with Crippen molar-refractivity contribution in [3.8, 4) is 0 Å². The number of rotatable bonds is 1. The monoisotopic (exact) mass is 428 g/mol. The largest absolute Gasteiger partial charge is 0.261 e. The molecule has 0 bridgehead atoms. The molecule has 1 aromatic heterocycles. The number of aromatic nitrogens is 2. The first-order valence-electron chi connectivity index (χ1n) is 5.30. The van der Waals surface area contributed by atoms with Gasteiger partial charge >= 0.3 is 0 Å². The van der Waals surface area contributed by atoms with Crippen molar-refractivity contribution in [1.29, 1.82) is 0 Å². The summed E-state index contributed by atoms with van der Waals surface area (Å²) in [6.07, 6.45) is 0. The second-order valence-corrected chi connectivity index (χ2v) is 7.04. The van der Waals surface area contributed by atoms with Gasteiger partial charge in [0.05, 0.1) is 9.25 Å². The van der Waals surface area contributed by atoms with E-state index in [9.17, 15) is 0 Å². The van der Waals surface area contributed by atoms with Crippen LogP contribution in [0.15, 0.2) is 16.6 Å². The van der Waals surface area contributed by atoms with Gasteiger partial charge in [-0.25, -0.2) is 0 Å². The maximum absolute atomic E-state index is 5.66. The molecule has 0 aliphatic heterocycles. The van der Waals surface area contributed by atoms with Crippen LogP contribution in [0.5, 0.6) is 0 Å². The summed E-state index contributed by atoms with van der Waals surface area (Å²) in [5, 5.41) is 0. The van der Waals surface area contributed by atoms with E-state index in [1.165, 1.54) is 0 Å². The third kappa shape index (κ3) is 3.36. The first kappa shape index (κ1) is 16.2. The van der Waals surface area contributed by atoms with Crippen LogP contribution in [0.25, 0.3) is 11.0 Å². The van der Waals surface area contributed by atoms with Crippen LogP contribution in [0.3, 0.4) is 0 Å². The van der Waals surface area contributed by atoms with E-state index in [0.717, 1.165) is 15.6 Å². The maximum atomic E-state index is 5.66. The van der Waals surface area contributed by atoms with Crippen LogP contribution < -0.4 is 11.2 Å². The van der Waals surface area contributed by atoms with Gasteiger partial charge in [0.1, 0.15) is 21.2 Å². The first-order valence-corrected chi connectivity index (χ1v) is 7.92. The number of halogens is 3. The normalized spacial score (nSPS) is 10.3. The van der Waals surface area contributed by atoms with Gasteiger partial charge in [-0.1, -0.05) is 51.8 Å². The Morgan fingerprint density at radius 2 is 1.50 bits per heavy atom. The van der Waals surface area contributed by atoms with E-state index >= 15 is 0 Å². The number of hydrogen-bond acceptors (Lipinski definition) is 2. The quantitative estimate of drug-likeness (QED) is 0.514. The summed E-state index contributed by atoms with van der Waals surface area (Å²) in [4.78, 5) is 8.48. The number of hydrogen-bond donors (Lipinski definition) is 0. The highest BCUT2D eigenvalue weighted by atomic mass is 79.9. The number of alkyl halides is 2. The lowest BCUT2D eigenvalue weighted by molar-refractivity contribution is 1.33. The molecule has 0 amide bonds. The van der Waals surface area contributed by atoms with Crippen molar-refractivity contribution in [2.45, 2.75) is 17.6 Å². The van der Waals surface area contributed by atoms with Crippen LogP contribution >= 0.6 is 47.8 Å². The molecule has 0 spiro atoms. The Morgan fingerprint density at radius 1 is 1.00 bits per heavy atom. The molecule has 2 nitrogen and oxygen atoms in total. The van der Waals surface area contributed by atoms with Crippen LogP contribution in [0, 0.1) is 0 Å². The van der Waals surface area contributed by atoms with Gasteiger partial charge in [0, 0.05) is 10.0 Å². The summed E-state index contributed by atoms with van der Waals surface area (Å²) >= 11 is 10.3. The molecule has 0 saturated heterocycles. The maximum Gasteiger partial charge on any atom is 0.143 e. The predicted molar refractivity (Wildman–Crippen MR) is 90.0 cm³/mol. The highest BCUT2D eigenvalue weighted by Crippen LogP contribution is 2.34. The Labute approximate surface area is 135 Å². The SMILES string of the molecule is CC.[B]c1nc2c(Br)ccc(C(Br)Br)c2nc1[B]. The molecule has 2 rings (SSSR count). The fourth-order valence-corrected chi connectivity index (χ4v) is 2.47. The van der Waals surface area contributed by atoms with E-state index in [4.69, 9.17) is 15.7 Å². The zero-order valence-corrected chi connectivity index (χ0v) is 14.7. The number of fused-ring (bicyclic) bond motifs is 1. The number of benzene rings is 1. The van der Waals surface area contributed by atoms with Gasteiger partial charge in [-0.2, -0.15) is 0 Å². The molecule has 2 aromatic rings.